The Morgan fingerprint density at radius 1 is 1.14 bits per heavy atom. The van der Waals surface area contributed by atoms with E-state index in [9.17, 15) is 9.18 Å². The summed E-state index contributed by atoms with van der Waals surface area (Å²) >= 11 is 5.86. The molecule has 0 saturated carbocycles. The molecule has 0 bridgehead atoms. The SMILES string of the molecule is CC(C)(C)[Si](C)(C)OC(c1ccccc1)c1nc2nccc(C(=O)Nc3ccc(F)c(Cl)c3)c2[nH]1. The molecule has 2 heterocycles. The molecule has 1 atom stereocenters. The predicted octanol–water partition coefficient (Wildman–Crippen LogP) is 7.11. The minimum Gasteiger partial charge on any atom is -0.403 e. The first-order valence-electron chi connectivity index (χ1n) is 11.3. The van der Waals surface area contributed by atoms with E-state index in [4.69, 9.17) is 21.0 Å². The fourth-order valence-electron chi connectivity index (χ4n) is 3.40. The number of nitrogens with one attached hydrogen (secondary N) is 2. The average Bonchev–Trinajstić information content (AvgIpc) is 3.24. The molecule has 0 aliphatic heterocycles. The van der Waals surface area contributed by atoms with Gasteiger partial charge in [-0.05, 0) is 48.0 Å². The third-order valence-electron chi connectivity index (χ3n) is 6.40. The van der Waals surface area contributed by atoms with Gasteiger partial charge in [-0.2, -0.15) is 0 Å². The first-order valence-corrected chi connectivity index (χ1v) is 14.6. The lowest BCUT2D eigenvalue weighted by Crippen LogP contribution is -2.42. The molecule has 9 heteroatoms. The highest BCUT2D eigenvalue weighted by Gasteiger charge is 2.40. The van der Waals surface area contributed by atoms with E-state index in [1.54, 1.807) is 6.07 Å². The smallest absolute Gasteiger partial charge is 0.257 e. The highest BCUT2D eigenvalue weighted by Crippen LogP contribution is 2.41. The second-order valence-corrected chi connectivity index (χ2v) is 15.1. The van der Waals surface area contributed by atoms with Crippen LogP contribution in [0.3, 0.4) is 0 Å². The number of benzene rings is 2. The summed E-state index contributed by atoms with van der Waals surface area (Å²) in [7, 11) is -2.18. The van der Waals surface area contributed by atoms with Crippen LogP contribution >= 0.6 is 11.6 Å². The van der Waals surface area contributed by atoms with E-state index in [0.717, 1.165) is 5.56 Å². The van der Waals surface area contributed by atoms with E-state index in [0.29, 0.717) is 28.2 Å². The van der Waals surface area contributed by atoms with Gasteiger partial charge in [-0.25, -0.2) is 14.4 Å². The van der Waals surface area contributed by atoms with Crippen LogP contribution in [0.25, 0.3) is 11.2 Å². The first-order chi connectivity index (χ1) is 16.5. The van der Waals surface area contributed by atoms with Crippen molar-refractivity contribution >= 4 is 42.7 Å². The second kappa shape index (κ2) is 9.52. The summed E-state index contributed by atoms with van der Waals surface area (Å²) in [6.07, 6.45) is 1.09. The lowest BCUT2D eigenvalue weighted by Gasteiger charge is -2.38. The first kappa shape index (κ1) is 25.0. The molecule has 0 spiro atoms. The number of hydrogen-bond donors (Lipinski definition) is 2. The van der Waals surface area contributed by atoms with Crippen LogP contribution in [-0.4, -0.2) is 29.2 Å². The third-order valence-corrected chi connectivity index (χ3v) is 11.1. The van der Waals surface area contributed by atoms with Gasteiger partial charge in [-0.3, -0.25) is 4.79 Å². The van der Waals surface area contributed by atoms with Gasteiger partial charge in [0.15, 0.2) is 14.0 Å². The normalized spacial score (nSPS) is 13.1. The molecule has 6 nitrogen and oxygen atoms in total. The van der Waals surface area contributed by atoms with Crippen LogP contribution < -0.4 is 5.32 Å². The Balaban J connectivity index is 1.73. The van der Waals surface area contributed by atoms with Crippen molar-refractivity contribution in [1.29, 1.82) is 0 Å². The molecule has 2 aromatic heterocycles. The van der Waals surface area contributed by atoms with Crippen LogP contribution in [0.2, 0.25) is 23.2 Å². The van der Waals surface area contributed by atoms with E-state index in [-0.39, 0.29) is 10.1 Å². The summed E-state index contributed by atoms with van der Waals surface area (Å²) in [4.78, 5) is 25.5. The Morgan fingerprint density at radius 3 is 2.51 bits per heavy atom. The molecule has 0 radical (unpaired) electrons. The standard InChI is InChI=1S/C26H28ClFN4O2Si/c1-26(2,3)35(4,5)34-22(16-9-7-6-8-10-16)24-31-21-18(13-14-29-23(21)32-24)25(33)30-17-11-12-20(28)19(27)15-17/h6-15,22H,1-5H3,(H,30,33)(H,29,31,32). The summed E-state index contributed by atoms with van der Waals surface area (Å²) in [5.41, 5.74) is 2.60. The van der Waals surface area contributed by atoms with Crippen LogP contribution in [0.1, 0.15) is 48.6 Å². The molecule has 4 aromatic rings. The van der Waals surface area contributed by atoms with Crippen molar-refractivity contribution < 1.29 is 13.6 Å². The van der Waals surface area contributed by atoms with Crippen molar-refractivity contribution in [2.75, 3.05) is 5.32 Å². The molecule has 2 N–H and O–H groups in total. The van der Waals surface area contributed by atoms with Crippen molar-refractivity contribution in [3.8, 4) is 0 Å². The number of H-pyrrole nitrogens is 1. The lowest BCUT2D eigenvalue weighted by molar-refractivity contribution is 0.102. The molecule has 0 fully saturated rings. The molecule has 0 aliphatic carbocycles. The summed E-state index contributed by atoms with van der Waals surface area (Å²) < 4.78 is 20.3. The molecule has 35 heavy (non-hydrogen) atoms. The minimum absolute atomic E-state index is 0.00816. The Bertz CT molecular complexity index is 1370. The zero-order valence-corrected chi connectivity index (χ0v) is 22.1. The highest BCUT2D eigenvalue weighted by atomic mass is 35.5. The van der Waals surface area contributed by atoms with E-state index in [1.807, 2.05) is 30.3 Å². The topological polar surface area (TPSA) is 79.9 Å². The summed E-state index contributed by atoms with van der Waals surface area (Å²) in [5.74, 6) is -0.367. The lowest BCUT2D eigenvalue weighted by atomic mass is 10.1. The van der Waals surface area contributed by atoms with E-state index in [1.165, 1.54) is 24.4 Å². The highest BCUT2D eigenvalue weighted by molar-refractivity contribution is 6.74. The van der Waals surface area contributed by atoms with Gasteiger partial charge < -0.3 is 14.7 Å². The van der Waals surface area contributed by atoms with Gasteiger partial charge in [-0.15, -0.1) is 0 Å². The number of pyridine rings is 1. The number of fused-ring (bicyclic) bond motifs is 1. The van der Waals surface area contributed by atoms with Crippen LogP contribution in [-0.2, 0) is 4.43 Å². The van der Waals surface area contributed by atoms with Crippen LogP contribution in [0.5, 0.6) is 0 Å². The van der Waals surface area contributed by atoms with Gasteiger partial charge in [0, 0.05) is 11.9 Å². The maximum atomic E-state index is 13.5. The molecule has 182 valence electrons. The minimum atomic E-state index is -2.18. The molecule has 0 aliphatic rings. The summed E-state index contributed by atoms with van der Waals surface area (Å²) in [5, 5.41) is 2.68. The summed E-state index contributed by atoms with van der Waals surface area (Å²) in [6.45, 7) is 10.9. The maximum absolute atomic E-state index is 13.5. The van der Waals surface area contributed by atoms with Crippen LogP contribution in [0, 0.1) is 5.82 Å². The van der Waals surface area contributed by atoms with Gasteiger partial charge >= 0.3 is 0 Å². The van der Waals surface area contributed by atoms with Crippen molar-refractivity contribution in [1.82, 2.24) is 15.0 Å². The monoisotopic (exact) mass is 510 g/mol. The Morgan fingerprint density at radius 2 is 1.86 bits per heavy atom. The number of imidazole rings is 1. The van der Waals surface area contributed by atoms with Crippen molar-refractivity contribution in [3.63, 3.8) is 0 Å². The number of carbonyl (C=O) groups is 1. The fourth-order valence-corrected chi connectivity index (χ4v) is 4.77. The van der Waals surface area contributed by atoms with Gasteiger partial charge in [-0.1, -0.05) is 62.7 Å². The van der Waals surface area contributed by atoms with Gasteiger partial charge in [0.2, 0.25) is 0 Å². The second-order valence-electron chi connectivity index (χ2n) is 9.93. The zero-order valence-electron chi connectivity index (χ0n) is 20.3. The number of aromatic nitrogens is 3. The molecule has 4 rings (SSSR count). The number of anilines is 1. The zero-order chi connectivity index (χ0) is 25.4. The van der Waals surface area contributed by atoms with E-state index in [2.05, 4.69) is 49.1 Å². The number of nitrogens with zero attached hydrogens (tertiary/aromatic N) is 2. The molecule has 0 saturated heterocycles. The Hall–Kier alpha value is -3.07. The molecular weight excluding hydrogens is 483 g/mol. The van der Waals surface area contributed by atoms with Crippen molar-refractivity contribution in [3.05, 3.63) is 88.6 Å². The number of carbonyl (C=O) groups excluding carboxylic acids is 1. The number of halogens is 2. The Labute approximate surface area is 210 Å². The largest absolute Gasteiger partial charge is 0.403 e. The summed E-state index contributed by atoms with van der Waals surface area (Å²) in [6, 6.07) is 15.5. The number of hydrogen-bond acceptors (Lipinski definition) is 4. The van der Waals surface area contributed by atoms with Gasteiger partial charge in [0.05, 0.1) is 16.1 Å². The van der Waals surface area contributed by atoms with Crippen LogP contribution in [0.4, 0.5) is 10.1 Å². The quantitative estimate of drug-likeness (QED) is 0.271. The predicted molar refractivity (Wildman–Crippen MR) is 140 cm³/mol. The van der Waals surface area contributed by atoms with Gasteiger partial charge in [0.25, 0.3) is 5.91 Å². The number of rotatable bonds is 6. The molecule has 2 aromatic carbocycles. The number of amides is 1. The molecule has 1 amide bonds. The third kappa shape index (κ3) is 5.29. The van der Waals surface area contributed by atoms with Crippen molar-refractivity contribution in [2.24, 2.45) is 0 Å². The van der Waals surface area contributed by atoms with E-state index < -0.39 is 26.1 Å². The Kier molecular flexibility index (Phi) is 6.81. The number of aromatic amines is 1. The average molecular weight is 511 g/mol. The molecule has 1 unspecified atom stereocenters. The molecular formula is C26H28ClFN4O2Si. The van der Waals surface area contributed by atoms with Crippen molar-refractivity contribution in [2.45, 2.75) is 45.0 Å². The van der Waals surface area contributed by atoms with Gasteiger partial charge in [0.1, 0.15) is 17.7 Å². The van der Waals surface area contributed by atoms with E-state index >= 15 is 0 Å². The van der Waals surface area contributed by atoms with Crippen LogP contribution in [0.15, 0.2) is 60.8 Å². The fraction of sp³-hybridized carbons (Fsp3) is 0.269. The maximum Gasteiger partial charge on any atom is 0.257 e.